The Hall–Kier alpha value is -1.63. The van der Waals surface area contributed by atoms with Crippen molar-refractivity contribution in [3.63, 3.8) is 0 Å². The predicted molar refractivity (Wildman–Crippen MR) is 126 cm³/mol. The van der Waals surface area contributed by atoms with E-state index in [1.165, 1.54) is 44.9 Å². The Balaban J connectivity index is 3.35. The van der Waals surface area contributed by atoms with Gasteiger partial charge in [-0.3, -0.25) is 14.4 Å². The van der Waals surface area contributed by atoms with Crippen LogP contribution < -0.4 is 16.4 Å². The van der Waals surface area contributed by atoms with Crippen LogP contribution in [-0.4, -0.2) is 42.0 Å². The summed E-state index contributed by atoms with van der Waals surface area (Å²) in [6, 6.07) is -0.818. The van der Waals surface area contributed by atoms with E-state index in [0.717, 1.165) is 38.5 Å². The molecule has 0 spiro atoms. The number of carbonyl (C=O) groups is 3. The van der Waals surface area contributed by atoms with Gasteiger partial charge in [-0.25, -0.2) is 0 Å². The molecule has 0 aromatic heterocycles. The van der Waals surface area contributed by atoms with Crippen LogP contribution in [0.1, 0.15) is 116 Å². The minimum atomic E-state index is -0.983. The summed E-state index contributed by atoms with van der Waals surface area (Å²) in [5.74, 6) is -0.816. The molecule has 2 amide bonds. The number of rotatable bonds is 22. The largest absolute Gasteiger partial charge is 0.480 e. The summed E-state index contributed by atoms with van der Waals surface area (Å²) in [7, 11) is 0. The first-order chi connectivity index (χ1) is 15.0. The van der Waals surface area contributed by atoms with Crippen LogP contribution in [0.15, 0.2) is 0 Å². The zero-order chi connectivity index (χ0) is 23.2. The number of hydrogen-bond donors (Lipinski definition) is 4. The molecule has 0 bridgehead atoms. The summed E-state index contributed by atoms with van der Waals surface area (Å²) in [5, 5.41) is 14.5. The van der Waals surface area contributed by atoms with E-state index in [9.17, 15) is 14.4 Å². The van der Waals surface area contributed by atoms with Gasteiger partial charge in [0, 0.05) is 25.9 Å². The average Bonchev–Trinajstić information content (AvgIpc) is 2.74. The van der Waals surface area contributed by atoms with Gasteiger partial charge in [0.25, 0.3) is 0 Å². The lowest BCUT2D eigenvalue weighted by Crippen LogP contribution is -2.30. The first kappa shape index (κ1) is 29.4. The van der Waals surface area contributed by atoms with E-state index < -0.39 is 12.0 Å². The molecule has 5 N–H and O–H groups in total. The summed E-state index contributed by atoms with van der Waals surface area (Å²) >= 11 is 0. The molecule has 0 aromatic carbocycles. The van der Waals surface area contributed by atoms with Crippen molar-refractivity contribution in [2.75, 3.05) is 13.1 Å². The standard InChI is InChI=1S/C24H47N3O4/c1-2-3-4-5-6-7-8-9-11-17-22(28)26-19-14-10-12-18-23(29)27-20-15-13-16-21(25)24(30)31/h21H,2-20,25H2,1H3,(H,26,28)(H,27,29)(H,30,31)/t21-/m0/s1. The van der Waals surface area contributed by atoms with Gasteiger partial charge in [0.2, 0.25) is 11.8 Å². The van der Waals surface area contributed by atoms with Crippen LogP contribution in [0.4, 0.5) is 0 Å². The van der Waals surface area contributed by atoms with E-state index in [2.05, 4.69) is 17.6 Å². The molecule has 0 unspecified atom stereocenters. The van der Waals surface area contributed by atoms with E-state index >= 15 is 0 Å². The van der Waals surface area contributed by atoms with Crippen molar-refractivity contribution >= 4 is 17.8 Å². The Morgan fingerprint density at radius 3 is 1.58 bits per heavy atom. The van der Waals surface area contributed by atoms with Crippen LogP contribution >= 0.6 is 0 Å². The Morgan fingerprint density at radius 1 is 0.677 bits per heavy atom. The number of carbonyl (C=O) groups excluding carboxylic acids is 2. The van der Waals surface area contributed by atoms with Crippen LogP contribution in [0.25, 0.3) is 0 Å². The quantitative estimate of drug-likeness (QED) is 0.187. The number of carboxylic acids is 1. The second kappa shape index (κ2) is 21.6. The van der Waals surface area contributed by atoms with Crippen LogP contribution in [-0.2, 0) is 14.4 Å². The highest BCUT2D eigenvalue weighted by molar-refractivity contribution is 5.76. The molecule has 0 aliphatic rings. The average molecular weight is 442 g/mol. The van der Waals surface area contributed by atoms with Gasteiger partial charge in [-0.1, -0.05) is 64.7 Å². The van der Waals surface area contributed by atoms with E-state index in [1.807, 2.05) is 0 Å². The molecule has 7 nitrogen and oxygen atoms in total. The zero-order valence-corrected chi connectivity index (χ0v) is 19.8. The highest BCUT2D eigenvalue weighted by Crippen LogP contribution is 2.10. The van der Waals surface area contributed by atoms with E-state index in [0.29, 0.717) is 38.8 Å². The molecular weight excluding hydrogens is 394 g/mol. The van der Waals surface area contributed by atoms with Crippen molar-refractivity contribution in [3.05, 3.63) is 0 Å². The van der Waals surface area contributed by atoms with Gasteiger partial charge in [-0.2, -0.15) is 0 Å². The first-order valence-corrected chi connectivity index (χ1v) is 12.5. The fourth-order valence-corrected chi connectivity index (χ4v) is 3.43. The number of hydrogen-bond acceptors (Lipinski definition) is 4. The molecule has 182 valence electrons. The van der Waals surface area contributed by atoms with E-state index in [1.54, 1.807) is 0 Å². The Morgan fingerprint density at radius 2 is 1.10 bits per heavy atom. The van der Waals surface area contributed by atoms with Crippen molar-refractivity contribution in [2.24, 2.45) is 5.73 Å². The summed E-state index contributed by atoms with van der Waals surface area (Å²) in [4.78, 5) is 34.2. The monoisotopic (exact) mass is 441 g/mol. The molecule has 0 saturated carbocycles. The molecule has 0 aliphatic carbocycles. The first-order valence-electron chi connectivity index (χ1n) is 12.5. The Labute approximate surface area is 189 Å². The molecule has 0 rings (SSSR count). The summed E-state index contributed by atoms with van der Waals surface area (Å²) in [5.41, 5.74) is 5.43. The van der Waals surface area contributed by atoms with E-state index in [4.69, 9.17) is 10.8 Å². The van der Waals surface area contributed by atoms with Crippen molar-refractivity contribution in [2.45, 2.75) is 122 Å². The van der Waals surface area contributed by atoms with Gasteiger partial charge in [-0.15, -0.1) is 0 Å². The lowest BCUT2D eigenvalue weighted by Gasteiger charge is -2.08. The molecule has 0 fully saturated rings. The van der Waals surface area contributed by atoms with Crippen molar-refractivity contribution < 1.29 is 19.5 Å². The lowest BCUT2D eigenvalue weighted by atomic mass is 10.1. The minimum absolute atomic E-state index is 0.0249. The maximum absolute atomic E-state index is 11.8. The van der Waals surface area contributed by atoms with Crippen LogP contribution in [0.3, 0.4) is 0 Å². The minimum Gasteiger partial charge on any atom is -0.480 e. The number of nitrogens with two attached hydrogens (primary N) is 1. The van der Waals surface area contributed by atoms with Crippen molar-refractivity contribution in [1.29, 1.82) is 0 Å². The van der Waals surface area contributed by atoms with Gasteiger partial charge < -0.3 is 21.5 Å². The van der Waals surface area contributed by atoms with Crippen LogP contribution in [0.2, 0.25) is 0 Å². The highest BCUT2D eigenvalue weighted by atomic mass is 16.4. The van der Waals surface area contributed by atoms with Gasteiger partial charge in [0.05, 0.1) is 0 Å². The fourth-order valence-electron chi connectivity index (χ4n) is 3.43. The maximum atomic E-state index is 11.8. The SMILES string of the molecule is CCCCCCCCCCCC(=O)NCCCCCC(=O)NCCCC[C@H](N)C(=O)O. The van der Waals surface area contributed by atoms with E-state index in [-0.39, 0.29) is 11.8 Å². The smallest absolute Gasteiger partial charge is 0.320 e. The highest BCUT2D eigenvalue weighted by Gasteiger charge is 2.10. The zero-order valence-electron chi connectivity index (χ0n) is 19.8. The summed E-state index contributed by atoms with van der Waals surface area (Å²) < 4.78 is 0. The van der Waals surface area contributed by atoms with Gasteiger partial charge in [0.15, 0.2) is 0 Å². The second-order valence-electron chi connectivity index (χ2n) is 8.53. The third-order valence-electron chi connectivity index (χ3n) is 5.49. The van der Waals surface area contributed by atoms with Gasteiger partial charge in [-0.05, 0) is 38.5 Å². The summed E-state index contributed by atoms with van der Waals surface area (Å²) in [6.07, 6.45) is 16.9. The molecule has 1 atom stereocenters. The predicted octanol–water partition coefficient (Wildman–Crippen LogP) is 4.28. The molecule has 0 saturated heterocycles. The normalized spacial score (nSPS) is 11.8. The fraction of sp³-hybridized carbons (Fsp3) is 0.875. The third-order valence-corrected chi connectivity index (χ3v) is 5.49. The Bertz CT molecular complexity index is 472. The van der Waals surface area contributed by atoms with Crippen LogP contribution in [0.5, 0.6) is 0 Å². The summed E-state index contributed by atoms with van der Waals surface area (Å²) in [6.45, 7) is 3.47. The lowest BCUT2D eigenvalue weighted by molar-refractivity contribution is -0.138. The number of amides is 2. The third kappa shape index (κ3) is 21.4. The van der Waals surface area contributed by atoms with Gasteiger partial charge >= 0.3 is 5.97 Å². The second-order valence-corrected chi connectivity index (χ2v) is 8.53. The molecule has 0 heterocycles. The Kier molecular flexibility index (Phi) is 20.5. The van der Waals surface area contributed by atoms with Crippen molar-refractivity contribution in [1.82, 2.24) is 10.6 Å². The number of unbranched alkanes of at least 4 members (excludes halogenated alkanes) is 11. The van der Waals surface area contributed by atoms with Crippen LogP contribution in [0, 0.1) is 0 Å². The molecule has 0 aromatic rings. The maximum Gasteiger partial charge on any atom is 0.320 e. The number of carboxylic acid groups (broad SMARTS) is 1. The molecular formula is C24H47N3O4. The van der Waals surface area contributed by atoms with Crippen molar-refractivity contribution in [3.8, 4) is 0 Å². The number of aliphatic carboxylic acids is 1. The molecule has 31 heavy (non-hydrogen) atoms. The molecule has 7 heteroatoms. The molecule has 0 radical (unpaired) electrons. The van der Waals surface area contributed by atoms with Gasteiger partial charge in [0.1, 0.15) is 6.04 Å². The number of nitrogens with one attached hydrogen (secondary N) is 2. The topological polar surface area (TPSA) is 122 Å². The molecule has 0 aliphatic heterocycles.